The van der Waals surface area contributed by atoms with Crippen molar-refractivity contribution in [3.05, 3.63) is 156 Å². The highest BCUT2D eigenvalue weighted by molar-refractivity contribution is 6.17. The average molecular weight is 609 g/mol. The van der Waals surface area contributed by atoms with Gasteiger partial charge in [0, 0.05) is 16.2 Å². The molecule has 0 fully saturated rings. The summed E-state index contributed by atoms with van der Waals surface area (Å²) in [5.41, 5.74) is 12.5. The van der Waals surface area contributed by atoms with Crippen molar-refractivity contribution in [2.45, 2.75) is 13.8 Å². The molecular weight excluding hydrogens is 579 g/mol. The molecule has 4 heteroatoms. The highest BCUT2D eigenvalue weighted by Crippen LogP contribution is 2.41. The molecule has 0 aliphatic rings. The lowest BCUT2D eigenvalue weighted by atomic mass is 9.98. The van der Waals surface area contributed by atoms with Gasteiger partial charge in [0.1, 0.15) is 22.8 Å². The third-order valence-electron chi connectivity index (χ3n) is 9.28. The molecule has 2 aromatic heterocycles. The van der Waals surface area contributed by atoms with Gasteiger partial charge >= 0.3 is 0 Å². The van der Waals surface area contributed by atoms with E-state index in [1.807, 2.05) is 24.3 Å². The summed E-state index contributed by atoms with van der Waals surface area (Å²) in [4.78, 5) is 5.23. The summed E-state index contributed by atoms with van der Waals surface area (Å²) in [6.07, 6.45) is 0. The van der Waals surface area contributed by atoms with Crippen molar-refractivity contribution in [3.63, 3.8) is 0 Å². The molecule has 2 heterocycles. The van der Waals surface area contributed by atoms with Crippen LogP contribution in [-0.2, 0) is 0 Å². The van der Waals surface area contributed by atoms with Crippen molar-refractivity contribution in [1.82, 2.24) is 9.55 Å². The maximum atomic E-state index is 13.6. The van der Waals surface area contributed by atoms with Crippen molar-refractivity contribution >= 4 is 43.7 Å². The van der Waals surface area contributed by atoms with E-state index < -0.39 is 0 Å². The van der Waals surface area contributed by atoms with Crippen molar-refractivity contribution in [2.24, 2.45) is 0 Å². The molecule has 9 rings (SSSR count). The summed E-state index contributed by atoms with van der Waals surface area (Å²) in [7, 11) is 0. The van der Waals surface area contributed by atoms with Gasteiger partial charge in [0.25, 0.3) is 0 Å². The second-order valence-corrected chi connectivity index (χ2v) is 12.3. The van der Waals surface area contributed by atoms with Crippen LogP contribution in [0.3, 0.4) is 0 Å². The number of aryl methyl sites for hydroxylation is 2. The maximum Gasteiger partial charge on any atom is 0.149 e. The fourth-order valence-corrected chi connectivity index (χ4v) is 7.12. The second-order valence-electron chi connectivity index (χ2n) is 12.3. The van der Waals surface area contributed by atoms with E-state index in [0.717, 1.165) is 71.9 Å². The molecule has 0 N–H and O–H groups in total. The predicted molar refractivity (Wildman–Crippen MR) is 192 cm³/mol. The number of para-hydroxylation sites is 3. The Morgan fingerprint density at radius 1 is 0.553 bits per heavy atom. The Morgan fingerprint density at radius 2 is 1.23 bits per heavy atom. The monoisotopic (exact) mass is 608 g/mol. The minimum atomic E-state index is -0.239. The molecule has 224 valence electrons. The van der Waals surface area contributed by atoms with Crippen molar-refractivity contribution < 1.29 is 8.81 Å². The molecule has 0 unspecified atom stereocenters. The fraction of sp³-hybridized carbons (Fsp3) is 0.0465. The number of fused-ring (bicyclic) bond motifs is 6. The van der Waals surface area contributed by atoms with Crippen LogP contribution in [0.5, 0.6) is 0 Å². The Kier molecular flexibility index (Phi) is 6.12. The van der Waals surface area contributed by atoms with Gasteiger partial charge in [-0.15, -0.1) is 0 Å². The van der Waals surface area contributed by atoms with Gasteiger partial charge in [0.2, 0.25) is 0 Å². The first kappa shape index (κ1) is 27.3. The molecule has 0 bridgehead atoms. The van der Waals surface area contributed by atoms with Crippen LogP contribution in [0.4, 0.5) is 4.39 Å². The van der Waals surface area contributed by atoms with Crippen LogP contribution in [0.25, 0.3) is 83.1 Å². The second kappa shape index (κ2) is 10.5. The van der Waals surface area contributed by atoms with Crippen molar-refractivity contribution in [3.8, 4) is 39.3 Å². The van der Waals surface area contributed by atoms with Gasteiger partial charge < -0.3 is 4.42 Å². The molecule has 9 aromatic rings. The Morgan fingerprint density at radius 3 is 2.04 bits per heavy atom. The van der Waals surface area contributed by atoms with E-state index in [0.29, 0.717) is 0 Å². The Bertz CT molecular complexity index is 2620. The number of aromatic nitrogens is 2. The van der Waals surface area contributed by atoms with E-state index in [-0.39, 0.29) is 5.82 Å². The van der Waals surface area contributed by atoms with E-state index >= 15 is 0 Å². The van der Waals surface area contributed by atoms with Crippen LogP contribution in [-0.4, -0.2) is 9.55 Å². The summed E-state index contributed by atoms with van der Waals surface area (Å²) >= 11 is 0. The third kappa shape index (κ3) is 4.37. The number of furan rings is 1. The number of halogens is 1. The first-order chi connectivity index (χ1) is 23.0. The van der Waals surface area contributed by atoms with Gasteiger partial charge in [0.05, 0.1) is 22.3 Å². The zero-order valence-corrected chi connectivity index (χ0v) is 26.0. The minimum absolute atomic E-state index is 0.239. The van der Waals surface area contributed by atoms with Crippen molar-refractivity contribution in [2.75, 3.05) is 0 Å². The van der Waals surface area contributed by atoms with Crippen LogP contribution < -0.4 is 0 Å². The van der Waals surface area contributed by atoms with Crippen LogP contribution >= 0.6 is 0 Å². The number of benzene rings is 7. The van der Waals surface area contributed by atoms with Gasteiger partial charge in [-0.25, -0.2) is 9.37 Å². The number of nitrogens with zero attached hydrogens (tertiary/aromatic N) is 2. The molecule has 0 aliphatic carbocycles. The van der Waals surface area contributed by atoms with E-state index in [4.69, 9.17) is 9.40 Å². The summed E-state index contributed by atoms with van der Waals surface area (Å²) in [6, 6.07) is 46.9. The average Bonchev–Trinajstić information content (AvgIpc) is 3.67. The standard InChI is InChI=1S/C43H29FN2O/c1-26-23-32(28-9-4-3-5-10-28)24-27(2)40(26)46-39-14-7-6-13-38(39)45-43(46)37-12-8-11-35-36-22-18-31-25-30(29-15-19-33(44)20-16-29)17-21-34(31)41(36)47-42(35)37/h3-25H,1-2H3. The van der Waals surface area contributed by atoms with E-state index in [1.165, 1.54) is 34.4 Å². The van der Waals surface area contributed by atoms with Gasteiger partial charge in [-0.3, -0.25) is 4.57 Å². The Labute approximate surface area is 271 Å². The number of hydrogen-bond donors (Lipinski definition) is 0. The molecule has 3 nitrogen and oxygen atoms in total. The van der Waals surface area contributed by atoms with E-state index in [2.05, 4.69) is 122 Å². The lowest BCUT2D eigenvalue weighted by Crippen LogP contribution is -2.03. The van der Waals surface area contributed by atoms with Crippen LogP contribution in [0, 0.1) is 19.7 Å². The first-order valence-electron chi connectivity index (χ1n) is 15.8. The number of rotatable bonds is 4. The van der Waals surface area contributed by atoms with E-state index in [9.17, 15) is 4.39 Å². The molecule has 47 heavy (non-hydrogen) atoms. The normalized spacial score (nSPS) is 11.7. The molecule has 0 radical (unpaired) electrons. The summed E-state index contributed by atoms with van der Waals surface area (Å²) in [5, 5.41) is 4.21. The third-order valence-corrected chi connectivity index (χ3v) is 9.28. The van der Waals surface area contributed by atoms with E-state index in [1.54, 1.807) is 0 Å². The first-order valence-corrected chi connectivity index (χ1v) is 15.8. The van der Waals surface area contributed by atoms with Crippen LogP contribution in [0.1, 0.15) is 11.1 Å². The largest absolute Gasteiger partial charge is 0.455 e. The van der Waals surface area contributed by atoms with Gasteiger partial charge in [-0.1, -0.05) is 78.9 Å². The van der Waals surface area contributed by atoms with Gasteiger partial charge in [0.15, 0.2) is 0 Å². The summed E-state index contributed by atoms with van der Waals surface area (Å²) in [6.45, 7) is 4.36. The zero-order chi connectivity index (χ0) is 31.6. The van der Waals surface area contributed by atoms with Crippen molar-refractivity contribution in [1.29, 1.82) is 0 Å². The molecule has 0 aliphatic heterocycles. The molecule has 0 atom stereocenters. The van der Waals surface area contributed by atoms with Crippen LogP contribution in [0.15, 0.2) is 144 Å². The maximum absolute atomic E-state index is 13.6. The lowest BCUT2D eigenvalue weighted by molar-refractivity contribution is 0.628. The molecule has 0 saturated heterocycles. The fourth-order valence-electron chi connectivity index (χ4n) is 7.12. The summed E-state index contributed by atoms with van der Waals surface area (Å²) in [5.74, 6) is 0.606. The smallest absolute Gasteiger partial charge is 0.149 e. The zero-order valence-electron chi connectivity index (χ0n) is 26.0. The highest BCUT2D eigenvalue weighted by Gasteiger charge is 2.22. The van der Waals surface area contributed by atoms with Crippen LogP contribution in [0.2, 0.25) is 0 Å². The Balaban J connectivity index is 1.26. The summed E-state index contributed by atoms with van der Waals surface area (Å²) < 4.78 is 22.7. The molecule has 0 spiro atoms. The number of imidazole rings is 1. The SMILES string of the molecule is Cc1cc(-c2ccccc2)cc(C)c1-n1c(-c2cccc3c2oc2c4ccc(-c5ccc(F)cc5)cc4ccc32)nc2ccccc21. The lowest BCUT2D eigenvalue weighted by Gasteiger charge is -2.17. The Hall–Kier alpha value is -6.00. The minimum Gasteiger partial charge on any atom is -0.455 e. The molecule has 0 amide bonds. The van der Waals surface area contributed by atoms with Gasteiger partial charge in [-0.2, -0.15) is 0 Å². The highest BCUT2D eigenvalue weighted by atomic mass is 19.1. The molecule has 0 saturated carbocycles. The quantitative estimate of drug-likeness (QED) is 0.199. The molecule has 7 aromatic carbocycles. The number of hydrogen-bond acceptors (Lipinski definition) is 2. The molecular formula is C43H29FN2O. The topological polar surface area (TPSA) is 31.0 Å². The predicted octanol–water partition coefficient (Wildman–Crippen LogP) is 11.8. The van der Waals surface area contributed by atoms with Gasteiger partial charge in [-0.05, 0) is 113 Å².